The molecule has 0 bridgehead atoms. The lowest BCUT2D eigenvalue weighted by Gasteiger charge is -2.18. The molecule has 1 nitrogen and oxygen atoms in total. The van der Waals surface area contributed by atoms with Gasteiger partial charge in [-0.2, -0.15) is 0 Å². The molecular weight excluding hydrogens is 278 g/mol. The van der Waals surface area contributed by atoms with Crippen molar-refractivity contribution in [3.8, 4) is 22.3 Å². The predicted molar refractivity (Wildman–Crippen MR) is 99.4 cm³/mol. The molecule has 0 amide bonds. The van der Waals surface area contributed by atoms with Gasteiger partial charge in [0, 0.05) is 6.54 Å². The predicted octanol–water partition coefficient (Wildman–Crippen LogP) is 5.40. The van der Waals surface area contributed by atoms with Gasteiger partial charge in [-0.05, 0) is 59.7 Å². The molecule has 0 saturated heterocycles. The molecular formula is C22H23N. The van der Waals surface area contributed by atoms with Gasteiger partial charge in [0.1, 0.15) is 0 Å². The van der Waals surface area contributed by atoms with Gasteiger partial charge < -0.3 is 5.73 Å². The SMILES string of the molecule is Cc1ccc(-c2ccc(C)c(-c3ccccc3C)c2CN)cc1. The van der Waals surface area contributed by atoms with Crippen LogP contribution in [0.25, 0.3) is 22.3 Å². The van der Waals surface area contributed by atoms with Crippen LogP contribution in [-0.4, -0.2) is 0 Å². The van der Waals surface area contributed by atoms with E-state index < -0.39 is 0 Å². The quantitative estimate of drug-likeness (QED) is 0.688. The Balaban J connectivity index is 2.27. The van der Waals surface area contributed by atoms with Crippen LogP contribution in [0.15, 0.2) is 60.7 Å². The summed E-state index contributed by atoms with van der Waals surface area (Å²) in [5.74, 6) is 0. The van der Waals surface area contributed by atoms with Crippen molar-refractivity contribution in [1.29, 1.82) is 0 Å². The smallest absolute Gasteiger partial charge is 0.0190 e. The molecule has 1 heteroatoms. The average molecular weight is 301 g/mol. The zero-order valence-electron chi connectivity index (χ0n) is 14.1. The van der Waals surface area contributed by atoms with Crippen LogP contribution in [0, 0.1) is 20.8 Å². The van der Waals surface area contributed by atoms with Crippen LogP contribution in [0.3, 0.4) is 0 Å². The second-order valence-electron chi connectivity index (χ2n) is 6.17. The zero-order valence-corrected chi connectivity index (χ0v) is 14.1. The summed E-state index contributed by atoms with van der Waals surface area (Å²) in [6, 6.07) is 21.6. The highest BCUT2D eigenvalue weighted by atomic mass is 14.5. The van der Waals surface area contributed by atoms with Crippen molar-refractivity contribution in [2.24, 2.45) is 5.73 Å². The van der Waals surface area contributed by atoms with E-state index >= 15 is 0 Å². The summed E-state index contributed by atoms with van der Waals surface area (Å²) in [4.78, 5) is 0. The van der Waals surface area contributed by atoms with Gasteiger partial charge in [0.25, 0.3) is 0 Å². The van der Waals surface area contributed by atoms with Crippen molar-refractivity contribution in [1.82, 2.24) is 0 Å². The van der Waals surface area contributed by atoms with Gasteiger partial charge in [-0.15, -0.1) is 0 Å². The summed E-state index contributed by atoms with van der Waals surface area (Å²) in [5, 5.41) is 0. The van der Waals surface area contributed by atoms with Crippen LogP contribution in [0.1, 0.15) is 22.3 Å². The molecule has 116 valence electrons. The Morgan fingerprint density at radius 3 is 2.04 bits per heavy atom. The molecule has 0 atom stereocenters. The topological polar surface area (TPSA) is 26.0 Å². The average Bonchev–Trinajstić information content (AvgIpc) is 2.56. The molecule has 0 aliphatic rings. The maximum Gasteiger partial charge on any atom is 0.0190 e. The first-order chi connectivity index (χ1) is 11.1. The first-order valence-electron chi connectivity index (χ1n) is 8.07. The third kappa shape index (κ3) is 2.93. The Labute approximate surface area is 138 Å². The molecule has 0 unspecified atom stereocenters. The largest absolute Gasteiger partial charge is 0.326 e. The summed E-state index contributed by atoms with van der Waals surface area (Å²) in [6.07, 6.45) is 0. The first kappa shape index (κ1) is 15.5. The Hall–Kier alpha value is -2.38. The van der Waals surface area contributed by atoms with Crippen molar-refractivity contribution in [2.45, 2.75) is 27.3 Å². The van der Waals surface area contributed by atoms with E-state index in [0.717, 1.165) is 0 Å². The second kappa shape index (κ2) is 6.39. The zero-order chi connectivity index (χ0) is 16.4. The van der Waals surface area contributed by atoms with E-state index in [9.17, 15) is 0 Å². The lowest BCUT2D eigenvalue weighted by atomic mass is 9.87. The van der Waals surface area contributed by atoms with Crippen LogP contribution in [0.2, 0.25) is 0 Å². The van der Waals surface area contributed by atoms with E-state index in [0.29, 0.717) is 6.54 Å². The van der Waals surface area contributed by atoms with E-state index in [1.807, 2.05) is 0 Å². The first-order valence-corrected chi connectivity index (χ1v) is 8.07. The van der Waals surface area contributed by atoms with Gasteiger partial charge in [0.05, 0.1) is 0 Å². The normalized spacial score (nSPS) is 10.8. The van der Waals surface area contributed by atoms with E-state index in [4.69, 9.17) is 5.73 Å². The molecule has 3 aromatic rings. The standard InChI is InChI=1S/C22H23N/c1-15-8-11-18(12-9-15)20-13-10-17(3)22(21(20)14-23)19-7-5-4-6-16(19)2/h4-13H,14,23H2,1-3H3. The molecule has 0 aliphatic heterocycles. The van der Waals surface area contributed by atoms with E-state index in [1.165, 1.54) is 44.5 Å². The van der Waals surface area contributed by atoms with Crippen molar-refractivity contribution in [3.05, 3.63) is 82.9 Å². The molecule has 0 saturated carbocycles. The van der Waals surface area contributed by atoms with Crippen molar-refractivity contribution in [2.75, 3.05) is 0 Å². The summed E-state index contributed by atoms with van der Waals surface area (Å²) in [5.41, 5.74) is 16.2. The molecule has 23 heavy (non-hydrogen) atoms. The minimum absolute atomic E-state index is 0.536. The molecule has 0 aliphatic carbocycles. The maximum atomic E-state index is 6.17. The molecule has 0 aromatic heterocycles. The van der Waals surface area contributed by atoms with Crippen LogP contribution in [-0.2, 0) is 6.54 Å². The number of benzene rings is 3. The number of rotatable bonds is 3. The fourth-order valence-electron chi connectivity index (χ4n) is 3.21. The Morgan fingerprint density at radius 1 is 0.696 bits per heavy atom. The highest BCUT2D eigenvalue weighted by Gasteiger charge is 2.14. The Morgan fingerprint density at radius 2 is 1.39 bits per heavy atom. The molecule has 0 heterocycles. The summed E-state index contributed by atoms with van der Waals surface area (Å²) in [6.45, 7) is 6.98. The van der Waals surface area contributed by atoms with Gasteiger partial charge in [0.15, 0.2) is 0 Å². The van der Waals surface area contributed by atoms with Crippen LogP contribution in [0.5, 0.6) is 0 Å². The summed E-state index contributed by atoms with van der Waals surface area (Å²) in [7, 11) is 0. The monoisotopic (exact) mass is 301 g/mol. The highest BCUT2D eigenvalue weighted by Crippen LogP contribution is 2.36. The number of hydrogen-bond acceptors (Lipinski definition) is 1. The summed E-state index contributed by atoms with van der Waals surface area (Å²) < 4.78 is 0. The number of hydrogen-bond donors (Lipinski definition) is 1. The van der Waals surface area contributed by atoms with Gasteiger partial charge in [-0.3, -0.25) is 0 Å². The van der Waals surface area contributed by atoms with Crippen LogP contribution >= 0.6 is 0 Å². The second-order valence-corrected chi connectivity index (χ2v) is 6.17. The van der Waals surface area contributed by atoms with E-state index in [2.05, 4.69) is 81.4 Å². The third-order valence-electron chi connectivity index (χ3n) is 4.50. The molecule has 0 spiro atoms. The van der Waals surface area contributed by atoms with Crippen LogP contribution in [0.4, 0.5) is 0 Å². The minimum atomic E-state index is 0.536. The van der Waals surface area contributed by atoms with Gasteiger partial charge >= 0.3 is 0 Å². The Bertz CT molecular complexity index is 829. The molecule has 3 rings (SSSR count). The van der Waals surface area contributed by atoms with Crippen molar-refractivity contribution in [3.63, 3.8) is 0 Å². The molecule has 0 radical (unpaired) electrons. The van der Waals surface area contributed by atoms with Gasteiger partial charge in [-0.1, -0.05) is 66.2 Å². The number of nitrogens with two attached hydrogens (primary N) is 1. The minimum Gasteiger partial charge on any atom is -0.326 e. The fraction of sp³-hybridized carbons (Fsp3) is 0.182. The maximum absolute atomic E-state index is 6.17. The van der Waals surface area contributed by atoms with Crippen LogP contribution < -0.4 is 5.73 Å². The number of aryl methyl sites for hydroxylation is 3. The lowest BCUT2D eigenvalue weighted by Crippen LogP contribution is -2.04. The summed E-state index contributed by atoms with van der Waals surface area (Å²) >= 11 is 0. The Kier molecular flexibility index (Phi) is 4.31. The van der Waals surface area contributed by atoms with E-state index in [-0.39, 0.29) is 0 Å². The fourth-order valence-corrected chi connectivity index (χ4v) is 3.21. The van der Waals surface area contributed by atoms with Gasteiger partial charge in [-0.25, -0.2) is 0 Å². The molecule has 0 fully saturated rings. The van der Waals surface area contributed by atoms with Gasteiger partial charge in [0.2, 0.25) is 0 Å². The molecule has 2 N–H and O–H groups in total. The lowest BCUT2D eigenvalue weighted by molar-refractivity contribution is 1.07. The third-order valence-corrected chi connectivity index (χ3v) is 4.50. The highest BCUT2D eigenvalue weighted by molar-refractivity contribution is 5.82. The van der Waals surface area contributed by atoms with Crippen molar-refractivity contribution < 1.29 is 0 Å². The van der Waals surface area contributed by atoms with Crippen molar-refractivity contribution >= 4 is 0 Å². The van der Waals surface area contributed by atoms with E-state index in [1.54, 1.807) is 0 Å². The molecule has 3 aromatic carbocycles.